The minimum atomic E-state index is -0.0856. The largest absolute Gasteiger partial charge is 0.383 e. The van der Waals surface area contributed by atoms with Crippen LogP contribution in [0.3, 0.4) is 0 Å². The van der Waals surface area contributed by atoms with Crippen LogP contribution < -0.4 is 15.5 Å². The first-order chi connectivity index (χ1) is 13.1. The summed E-state index contributed by atoms with van der Waals surface area (Å²) in [6.45, 7) is 0.560. The molecule has 138 valence electrons. The Balaban J connectivity index is 1.67. The van der Waals surface area contributed by atoms with Gasteiger partial charge in [0.2, 0.25) is 0 Å². The molecule has 0 aliphatic rings. The van der Waals surface area contributed by atoms with Crippen molar-refractivity contribution in [3.8, 4) is 0 Å². The molecule has 0 aliphatic heterocycles. The Morgan fingerprint density at radius 2 is 1.81 bits per heavy atom. The highest BCUT2D eigenvalue weighted by Gasteiger charge is 2.13. The van der Waals surface area contributed by atoms with Crippen LogP contribution in [-0.2, 0) is 6.54 Å². The molecule has 1 aromatic carbocycles. The van der Waals surface area contributed by atoms with Crippen molar-refractivity contribution in [3.63, 3.8) is 0 Å². The Labute approximate surface area is 162 Å². The second-order valence-corrected chi connectivity index (χ2v) is 6.12. The lowest BCUT2D eigenvalue weighted by atomic mass is 10.1. The van der Waals surface area contributed by atoms with Gasteiger partial charge in [0, 0.05) is 44.3 Å². The molecule has 2 N–H and O–H groups in total. The molecule has 8 heteroatoms. The lowest BCUT2D eigenvalue weighted by Gasteiger charge is -2.18. The maximum atomic E-state index is 12.5. The monoisotopic (exact) mass is 382 g/mol. The standard InChI is InChI=1S/C19H19ClN6O/c1-21-16-17(20)24-12-25-18(16)23-11-13-3-5-15(6-4-13)26(2)19(27)14-7-9-22-10-8-14/h3-10,12,21H,11H2,1-2H3,(H,23,24,25). The van der Waals surface area contributed by atoms with Crippen LogP contribution in [-0.4, -0.2) is 35.0 Å². The van der Waals surface area contributed by atoms with E-state index in [1.807, 2.05) is 24.3 Å². The van der Waals surface area contributed by atoms with E-state index in [0.29, 0.717) is 28.8 Å². The SMILES string of the molecule is CNc1c(Cl)ncnc1NCc1ccc(N(C)C(=O)c2ccncc2)cc1. The number of hydrogen-bond donors (Lipinski definition) is 2. The third-order valence-electron chi connectivity index (χ3n) is 4.07. The Morgan fingerprint density at radius 3 is 2.48 bits per heavy atom. The third-order valence-corrected chi connectivity index (χ3v) is 4.35. The molecule has 7 nitrogen and oxygen atoms in total. The molecule has 0 saturated heterocycles. The first kappa shape index (κ1) is 18.6. The van der Waals surface area contributed by atoms with Crippen molar-refractivity contribution in [3.05, 3.63) is 71.4 Å². The molecule has 3 aromatic rings. The smallest absolute Gasteiger partial charge is 0.258 e. The van der Waals surface area contributed by atoms with Gasteiger partial charge < -0.3 is 15.5 Å². The number of carbonyl (C=O) groups excluding carboxylic acids is 1. The highest BCUT2D eigenvalue weighted by Crippen LogP contribution is 2.26. The summed E-state index contributed by atoms with van der Waals surface area (Å²) in [5.41, 5.74) is 3.10. The van der Waals surface area contributed by atoms with Gasteiger partial charge in [0.1, 0.15) is 12.0 Å². The van der Waals surface area contributed by atoms with Crippen LogP contribution in [0.4, 0.5) is 17.2 Å². The first-order valence-corrected chi connectivity index (χ1v) is 8.67. The number of hydrogen-bond acceptors (Lipinski definition) is 6. The summed E-state index contributed by atoms with van der Waals surface area (Å²) >= 11 is 6.05. The van der Waals surface area contributed by atoms with Gasteiger partial charge in [-0.15, -0.1) is 0 Å². The van der Waals surface area contributed by atoms with Gasteiger partial charge in [-0.2, -0.15) is 0 Å². The van der Waals surface area contributed by atoms with Gasteiger partial charge in [-0.1, -0.05) is 23.7 Å². The van der Waals surface area contributed by atoms with Gasteiger partial charge in [-0.3, -0.25) is 9.78 Å². The number of nitrogens with one attached hydrogen (secondary N) is 2. The Bertz CT molecular complexity index is 917. The maximum absolute atomic E-state index is 12.5. The van der Waals surface area contributed by atoms with E-state index in [9.17, 15) is 4.79 Å². The van der Waals surface area contributed by atoms with E-state index in [4.69, 9.17) is 11.6 Å². The summed E-state index contributed by atoms with van der Waals surface area (Å²) in [4.78, 5) is 26.2. The van der Waals surface area contributed by atoms with E-state index in [0.717, 1.165) is 11.3 Å². The van der Waals surface area contributed by atoms with Crippen LogP contribution in [0.2, 0.25) is 5.15 Å². The fourth-order valence-corrected chi connectivity index (χ4v) is 2.78. The second-order valence-electron chi connectivity index (χ2n) is 5.76. The van der Waals surface area contributed by atoms with E-state index >= 15 is 0 Å². The van der Waals surface area contributed by atoms with Crippen LogP contribution in [0.1, 0.15) is 15.9 Å². The Kier molecular flexibility index (Phi) is 5.83. The molecule has 0 aliphatic carbocycles. The molecule has 0 radical (unpaired) electrons. The molecule has 1 amide bonds. The third kappa shape index (κ3) is 4.32. The van der Waals surface area contributed by atoms with Gasteiger partial charge in [-0.25, -0.2) is 9.97 Å². The summed E-state index contributed by atoms with van der Waals surface area (Å²) in [5, 5.41) is 6.58. The topological polar surface area (TPSA) is 83.0 Å². The zero-order valence-corrected chi connectivity index (χ0v) is 15.7. The normalized spacial score (nSPS) is 10.3. The predicted molar refractivity (Wildman–Crippen MR) is 107 cm³/mol. The van der Waals surface area contributed by atoms with Crippen molar-refractivity contribution >= 4 is 34.7 Å². The molecule has 0 unspecified atom stereocenters. The van der Waals surface area contributed by atoms with Crippen molar-refractivity contribution < 1.29 is 4.79 Å². The van der Waals surface area contributed by atoms with Crippen LogP contribution >= 0.6 is 11.6 Å². The number of anilines is 3. The summed E-state index contributed by atoms with van der Waals surface area (Å²) in [6, 6.07) is 11.1. The molecule has 2 heterocycles. The van der Waals surface area contributed by atoms with Gasteiger partial charge in [0.05, 0.1) is 0 Å². The van der Waals surface area contributed by atoms with Crippen molar-refractivity contribution in [2.75, 3.05) is 29.6 Å². The zero-order valence-electron chi connectivity index (χ0n) is 15.0. The molecule has 0 atom stereocenters. The zero-order chi connectivity index (χ0) is 19.2. The quantitative estimate of drug-likeness (QED) is 0.635. The Morgan fingerprint density at radius 1 is 1.11 bits per heavy atom. The van der Waals surface area contributed by atoms with E-state index in [2.05, 4.69) is 25.6 Å². The molecule has 2 aromatic heterocycles. The predicted octanol–water partition coefficient (Wildman–Crippen LogP) is 3.46. The molecule has 0 bridgehead atoms. The van der Waals surface area contributed by atoms with Gasteiger partial charge in [0.25, 0.3) is 5.91 Å². The second kappa shape index (κ2) is 8.46. The van der Waals surface area contributed by atoms with Crippen LogP contribution in [0.25, 0.3) is 0 Å². The average Bonchev–Trinajstić information content (AvgIpc) is 2.72. The summed E-state index contributed by atoms with van der Waals surface area (Å²) in [6.07, 6.45) is 4.62. The van der Waals surface area contributed by atoms with E-state index in [1.165, 1.54) is 6.33 Å². The number of pyridine rings is 1. The molecular formula is C19H19ClN6O. The summed E-state index contributed by atoms with van der Waals surface area (Å²) in [7, 11) is 3.51. The highest BCUT2D eigenvalue weighted by molar-refractivity contribution is 6.32. The van der Waals surface area contributed by atoms with Crippen molar-refractivity contribution in [2.24, 2.45) is 0 Å². The average molecular weight is 383 g/mol. The minimum Gasteiger partial charge on any atom is -0.383 e. The number of rotatable bonds is 6. The number of halogens is 1. The van der Waals surface area contributed by atoms with E-state index < -0.39 is 0 Å². The fraction of sp³-hybridized carbons (Fsp3) is 0.158. The molecule has 0 fully saturated rings. The van der Waals surface area contributed by atoms with Gasteiger partial charge in [-0.05, 0) is 29.8 Å². The van der Waals surface area contributed by atoms with Crippen LogP contribution in [0.5, 0.6) is 0 Å². The highest BCUT2D eigenvalue weighted by atomic mass is 35.5. The molecular weight excluding hydrogens is 364 g/mol. The lowest BCUT2D eigenvalue weighted by molar-refractivity contribution is 0.0993. The van der Waals surface area contributed by atoms with Crippen molar-refractivity contribution in [1.29, 1.82) is 0 Å². The number of aromatic nitrogens is 3. The number of amides is 1. The number of benzene rings is 1. The molecule has 3 rings (SSSR count). The van der Waals surface area contributed by atoms with Crippen LogP contribution in [0.15, 0.2) is 55.1 Å². The summed E-state index contributed by atoms with van der Waals surface area (Å²) in [5.74, 6) is 0.545. The first-order valence-electron chi connectivity index (χ1n) is 8.29. The van der Waals surface area contributed by atoms with Gasteiger partial charge in [0.15, 0.2) is 11.0 Å². The van der Waals surface area contributed by atoms with Crippen LogP contribution in [0, 0.1) is 0 Å². The molecule has 0 saturated carbocycles. The minimum absolute atomic E-state index is 0.0856. The fourth-order valence-electron chi connectivity index (χ4n) is 2.55. The van der Waals surface area contributed by atoms with Crippen molar-refractivity contribution in [1.82, 2.24) is 15.0 Å². The number of carbonyl (C=O) groups is 1. The van der Waals surface area contributed by atoms with Gasteiger partial charge >= 0.3 is 0 Å². The molecule has 27 heavy (non-hydrogen) atoms. The number of nitrogens with zero attached hydrogens (tertiary/aromatic N) is 4. The van der Waals surface area contributed by atoms with Crippen molar-refractivity contribution in [2.45, 2.75) is 6.54 Å². The maximum Gasteiger partial charge on any atom is 0.258 e. The Hall–Kier alpha value is -3.19. The summed E-state index contributed by atoms with van der Waals surface area (Å²) < 4.78 is 0. The molecule has 0 spiro atoms. The lowest BCUT2D eigenvalue weighted by Crippen LogP contribution is -2.26. The van der Waals surface area contributed by atoms with E-state index in [-0.39, 0.29) is 5.91 Å². The van der Waals surface area contributed by atoms with E-state index in [1.54, 1.807) is 43.5 Å².